The lowest BCUT2D eigenvalue weighted by Gasteiger charge is -2.32. The molecular weight excluding hydrogens is 507 g/mol. The lowest BCUT2D eigenvalue weighted by atomic mass is 10.1. The number of hydrogen-bond acceptors (Lipinski definition) is 4. The topological polar surface area (TPSA) is 68.3 Å². The van der Waals surface area contributed by atoms with Gasteiger partial charge in [-0.3, -0.25) is 14.5 Å². The normalized spacial score (nSPS) is 21.0. The Bertz CT molecular complexity index is 1720. The molecule has 7 rings (SSSR count). The first-order valence-electron chi connectivity index (χ1n) is 12.4. The quantitative estimate of drug-likeness (QED) is 0.287. The summed E-state index contributed by atoms with van der Waals surface area (Å²) in [5.74, 6) is 0.709. The fraction of sp³-hybridized carbons (Fsp3) is 0.286. The van der Waals surface area contributed by atoms with Gasteiger partial charge in [0.15, 0.2) is 0 Å². The van der Waals surface area contributed by atoms with E-state index in [0.29, 0.717) is 16.0 Å². The number of imidazole rings is 1. The molecule has 0 bridgehead atoms. The first kappa shape index (κ1) is 22.8. The van der Waals surface area contributed by atoms with Crippen molar-refractivity contribution in [3.63, 3.8) is 0 Å². The summed E-state index contributed by atoms with van der Waals surface area (Å²) in [7, 11) is 0. The van der Waals surface area contributed by atoms with Crippen molar-refractivity contribution in [2.24, 2.45) is 5.92 Å². The highest BCUT2D eigenvalue weighted by Crippen LogP contribution is 2.55. The second kappa shape index (κ2) is 8.04. The smallest absolute Gasteiger partial charge is 0.219 e. The Balaban J connectivity index is 1.31. The molecule has 0 radical (unpaired) electrons. The van der Waals surface area contributed by atoms with Crippen LogP contribution in [-0.2, 0) is 10.3 Å². The van der Waals surface area contributed by atoms with Gasteiger partial charge in [-0.1, -0.05) is 29.3 Å². The lowest BCUT2D eigenvalue weighted by molar-refractivity contribution is -0.130. The van der Waals surface area contributed by atoms with Gasteiger partial charge in [0.2, 0.25) is 5.91 Å². The summed E-state index contributed by atoms with van der Waals surface area (Å²) in [5.41, 5.74) is 5.98. The summed E-state index contributed by atoms with van der Waals surface area (Å²) in [6, 6.07) is 9.60. The van der Waals surface area contributed by atoms with E-state index < -0.39 is 0 Å². The molecule has 2 fully saturated rings. The van der Waals surface area contributed by atoms with Crippen LogP contribution in [0, 0.1) is 12.8 Å². The van der Waals surface area contributed by atoms with Crippen LogP contribution in [0.1, 0.15) is 25.5 Å². The number of fused-ring (bicyclic) bond motifs is 4. The van der Waals surface area contributed by atoms with Crippen LogP contribution in [-0.4, -0.2) is 48.0 Å². The predicted molar refractivity (Wildman–Crippen MR) is 145 cm³/mol. The zero-order valence-corrected chi connectivity index (χ0v) is 22.0. The van der Waals surface area contributed by atoms with Crippen LogP contribution < -0.4 is 0 Å². The van der Waals surface area contributed by atoms with Crippen molar-refractivity contribution in [3.05, 3.63) is 70.9 Å². The summed E-state index contributed by atoms with van der Waals surface area (Å²) in [4.78, 5) is 23.7. The highest BCUT2D eigenvalue weighted by molar-refractivity contribution is 6.39. The molecule has 1 aliphatic carbocycles. The van der Waals surface area contributed by atoms with E-state index in [1.54, 1.807) is 6.92 Å². The molecule has 5 aromatic rings. The van der Waals surface area contributed by atoms with Gasteiger partial charge in [0.05, 0.1) is 33.0 Å². The first-order valence-corrected chi connectivity index (χ1v) is 13.1. The SMILES string of the molecule is CC(=O)N1CCC2CC2(n2cc(-c3cnc4ccn5c(C)c(-c6c(Cl)cccc6Cl)nc5c4c3)cn2)C1. The Hall–Kier alpha value is -3.42. The van der Waals surface area contributed by atoms with Crippen LogP contribution in [0.3, 0.4) is 0 Å². The van der Waals surface area contributed by atoms with E-state index in [0.717, 1.165) is 70.6 Å². The van der Waals surface area contributed by atoms with Crippen molar-refractivity contribution in [2.75, 3.05) is 13.1 Å². The zero-order valence-electron chi connectivity index (χ0n) is 20.4. The Kier molecular flexibility index (Phi) is 4.94. The highest BCUT2D eigenvalue weighted by atomic mass is 35.5. The van der Waals surface area contributed by atoms with Crippen molar-refractivity contribution < 1.29 is 4.79 Å². The molecule has 7 nitrogen and oxygen atoms in total. The summed E-state index contributed by atoms with van der Waals surface area (Å²) >= 11 is 13.0. The van der Waals surface area contributed by atoms with E-state index in [1.165, 1.54) is 0 Å². The molecular formula is C28H24Cl2N6O. The van der Waals surface area contributed by atoms with Gasteiger partial charge >= 0.3 is 0 Å². The molecule has 4 aromatic heterocycles. The van der Waals surface area contributed by atoms with E-state index in [4.69, 9.17) is 38.3 Å². The molecule has 0 spiro atoms. The molecule has 2 aliphatic rings. The van der Waals surface area contributed by atoms with Gasteiger partial charge in [-0.25, -0.2) is 4.98 Å². The Morgan fingerprint density at radius 3 is 2.73 bits per heavy atom. The van der Waals surface area contributed by atoms with E-state index >= 15 is 0 Å². The summed E-state index contributed by atoms with van der Waals surface area (Å²) in [6.07, 6.45) is 9.95. The average molecular weight is 531 g/mol. The van der Waals surface area contributed by atoms with Gasteiger partial charge in [-0.2, -0.15) is 5.10 Å². The van der Waals surface area contributed by atoms with Crippen molar-refractivity contribution in [2.45, 2.75) is 32.2 Å². The Morgan fingerprint density at radius 2 is 1.95 bits per heavy atom. The van der Waals surface area contributed by atoms with Gasteiger partial charge < -0.3 is 9.30 Å². The van der Waals surface area contributed by atoms with E-state index in [9.17, 15) is 4.79 Å². The second-order valence-corrected chi connectivity index (χ2v) is 11.0. The standard InChI is InChI=1S/C28H24Cl2N6O/c1-16-26(25-22(29)4-3-5-23(25)30)33-27-21-10-18(12-31-24(21)7-9-35(16)27)19-13-32-36(14-19)28-11-20(28)6-8-34(15-28)17(2)37/h3-5,7,9-10,12-14,20H,6,8,11,15H2,1-2H3. The number of benzene rings is 1. The molecule has 37 heavy (non-hydrogen) atoms. The zero-order chi connectivity index (χ0) is 25.5. The molecule has 1 saturated heterocycles. The van der Waals surface area contributed by atoms with Gasteiger partial charge in [-0.05, 0) is 49.9 Å². The fourth-order valence-electron chi connectivity index (χ4n) is 5.93. The van der Waals surface area contributed by atoms with Crippen LogP contribution in [0.2, 0.25) is 10.0 Å². The third kappa shape index (κ3) is 3.41. The second-order valence-electron chi connectivity index (χ2n) is 10.2. The van der Waals surface area contributed by atoms with Crippen LogP contribution in [0.4, 0.5) is 0 Å². The molecule has 0 N–H and O–H groups in total. The van der Waals surface area contributed by atoms with Crippen molar-refractivity contribution in [3.8, 4) is 22.4 Å². The number of hydrogen-bond donors (Lipinski definition) is 0. The van der Waals surface area contributed by atoms with E-state index in [2.05, 4.69) is 21.3 Å². The number of rotatable bonds is 3. The average Bonchev–Trinajstić information content (AvgIpc) is 3.24. The van der Waals surface area contributed by atoms with Gasteiger partial charge in [-0.15, -0.1) is 0 Å². The van der Waals surface area contributed by atoms with Crippen LogP contribution in [0.5, 0.6) is 0 Å². The maximum absolute atomic E-state index is 12.0. The van der Waals surface area contributed by atoms with Crippen molar-refractivity contribution in [1.82, 2.24) is 29.0 Å². The molecule has 186 valence electrons. The first-order chi connectivity index (χ1) is 17.9. The minimum Gasteiger partial charge on any atom is -0.340 e. The van der Waals surface area contributed by atoms with Gasteiger partial charge in [0.25, 0.3) is 0 Å². The number of likely N-dealkylation sites (tertiary alicyclic amines) is 1. The largest absolute Gasteiger partial charge is 0.340 e. The Labute approximate surface area is 223 Å². The summed E-state index contributed by atoms with van der Waals surface area (Å²) in [5, 5.41) is 6.82. The van der Waals surface area contributed by atoms with E-state index in [1.807, 2.05) is 54.7 Å². The monoisotopic (exact) mass is 530 g/mol. The number of carbonyl (C=O) groups excluding carboxylic acids is 1. The van der Waals surface area contributed by atoms with Crippen LogP contribution >= 0.6 is 23.2 Å². The number of pyridine rings is 2. The number of piperidine rings is 1. The fourth-order valence-corrected chi connectivity index (χ4v) is 6.50. The molecule has 5 heterocycles. The predicted octanol–water partition coefficient (Wildman–Crippen LogP) is 6.00. The number of halogens is 2. The maximum Gasteiger partial charge on any atom is 0.219 e. The van der Waals surface area contributed by atoms with Crippen LogP contribution in [0.15, 0.2) is 55.1 Å². The molecule has 1 saturated carbocycles. The summed E-state index contributed by atoms with van der Waals surface area (Å²) < 4.78 is 4.13. The molecule has 1 aromatic carbocycles. The third-order valence-corrected chi connectivity index (χ3v) is 8.75. The molecule has 1 amide bonds. The molecule has 2 atom stereocenters. The summed E-state index contributed by atoms with van der Waals surface area (Å²) in [6.45, 7) is 5.23. The number of aromatic nitrogens is 5. The molecule has 1 aliphatic heterocycles. The number of aryl methyl sites for hydroxylation is 1. The lowest BCUT2D eigenvalue weighted by Crippen LogP contribution is -2.44. The number of nitrogens with zero attached hydrogens (tertiary/aromatic N) is 6. The van der Waals surface area contributed by atoms with Crippen molar-refractivity contribution in [1.29, 1.82) is 0 Å². The van der Waals surface area contributed by atoms with Crippen molar-refractivity contribution >= 4 is 45.7 Å². The van der Waals surface area contributed by atoms with Gasteiger partial charge in [0.1, 0.15) is 5.65 Å². The minimum absolute atomic E-state index is 0.0803. The molecule has 9 heteroatoms. The highest BCUT2D eigenvalue weighted by Gasteiger charge is 2.59. The number of amides is 1. The maximum atomic E-state index is 12.0. The third-order valence-electron chi connectivity index (χ3n) is 8.12. The van der Waals surface area contributed by atoms with Crippen LogP contribution in [0.25, 0.3) is 38.9 Å². The Morgan fingerprint density at radius 1 is 1.14 bits per heavy atom. The van der Waals surface area contributed by atoms with E-state index in [-0.39, 0.29) is 11.4 Å². The number of carbonyl (C=O) groups is 1. The minimum atomic E-state index is -0.0803. The molecule has 2 unspecified atom stereocenters. The van der Waals surface area contributed by atoms with Gasteiger partial charge in [0, 0.05) is 66.4 Å².